The van der Waals surface area contributed by atoms with Crippen LogP contribution in [0, 0.1) is 0 Å². The second kappa shape index (κ2) is 5.01. The van der Waals surface area contributed by atoms with Crippen molar-refractivity contribution in [1.82, 2.24) is 14.8 Å². The second-order valence-electron chi connectivity index (χ2n) is 4.79. The van der Waals surface area contributed by atoms with Crippen molar-refractivity contribution < 1.29 is 4.74 Å². The van der Waals surface area contributed by atoms with E-state index in [9.17, 15) is 0 Å². The molecule has 5 heteroatoms. The Hall–Kier alpha value is -1.88. The molecular formula is C14H18N4O. The summed E-state index contributed by atoms with van der Waals surface area (Å²) in [6.07, 6.45) is 2.85. The lowest BCUT2D eigenvalue weighted by atomic mass is 10.0. The number of hydrogen-bond acceptors (Lipinski definition) is 4. The average Bonchev–Trinajstić information content (AvgIpc) is 2.79. The van der Waals surface area contributed by atoms with Gasteiger partial charge in [0, 0.05) is 19.0 Å². The third-order valence-electron chi connectivity index (χ3n) is 3.34. The van der Waals surface area contributed by atoms with Crippen molar-refractivity contribution in [3.63, 3.8) is 0 Å². The van der Waals surface area contributed by atoms with E-state index in [0.29, 0.717) is 13.0 Å². The van der Waals surface area contributed by atoms with Crippen LogP contribution in [0.3, 0.4) is 0 Å². The predicted molar refractivity (Wildman–Crippen MR) is 73.0 cm³/mol. The molecule has 3 rings (SSSR count). The van der Waals surface area contributed by atoms with Crippen LogP contribution in [0.25, 0.3) is 11.4 Å². The summed E-state index contributed by atoms with van der Waals surface area (Å²) in [6.45, 7) is 1.39. The van der Waals surface area contributed by atoms with Crippen molar-refractivity contribution in [1.29, 1.82) is 0 Å². The highest BCUT2D eigenvalue weighted by molar-refractivity contribution is 5.59. The fraction of sp³-hybridized carbons (Fsp3) is 0.429. The molecule has 0 radical (unpaired) electrons. The van der Waals surface area contributed by atoms with E-state index >= 15 is 0 Å². The monoisotopic (exact) mass is 258 g/mol. The summed E-state index contributed by atoms with van der Waals surface area (Å²) < 4.78 is 7.44. The number of rotatable bonds is 3. The topological polar surface area (TPSA) is 66.0 Å². The quantitative estimate of drug-likeness (QED) is 0.901. The summed E-state index contributed by atoms with van der Waals surface area (Å²) in [5.41, 5.74) is 7.89. The fourth-order valence-corrected chi connectivity index (χ4v) is 2.42. The lowest BCUT2D eigenvalue weighted by Gasteiger charge is -2.17. The van der Waals surface area contributed by atoms with Crippen molar-refractivity contribution in [3.05, 3.63) is 29.6 Å². The largest absolute Gasteiger partial charge is 0.493 e. The minimum atomic E-state index is 0.571. The zero-order chi connectivity index (χ0) is 13.2. The Balaban J connectivity index is 1.97. The van der Waals surface area contributed by atoms with Crippen molar-refractivity contribution in [2.45, 2.75) is 19.3 Å². The second-order valence-corrected chi connectivity index (χ2v) is 4.79. The van der Waals surface area contributed by atoms with Crippen LogP contribution in [-0.4, -0.2) is 27.9 Å². The molecule has 0 fully saturated rings. The number of nitrogens with zero attached hydrogens (tertiary/aromatic N) is 3. The highest BCUT2D eigenvalue weighted by atomic mass is 16.5. The van der Waals surface area contributed by atoms with Gasteiger partial charge in [0.25, 0.3) is 0 Å². The zero-order valence-corrected chi connectivity index (χ0v) is 11.1. The Morgan fingerprint density at radius 3 is 3.16 bits per heavy atom. The molecule has 0 aliphatic carbocycles. The van der Waals surface area contributed by atoms with Crippen LogP contribution in [0.15, 0.2) is 18.2 Å². The van der Waals surface area contributed by atoms with Gasteiger partial charge in [-0.25, -0.2) is 9.67 Å². The molecule has 0 unspecified atom stereocenters. The number of hydrogen-bond donors (Lipinski definition) is 1. The molecule has 0 saturated heterocycles. The first kappa shape index (κ1) is 12.2. The maximum Gasteiger partial charge on any atom is 0.158 e. The van der Waals surface area contributed by atoms with Gasteiger partial charge in [0.2, 0.25) is 0 Å². The Morgan fingerprint density at radius 2 is 2.32 bits per heavy atom. The van der Waals surface area contributed by atoms with Gasteiger partial charge >= 0.3 is 0 Å². The normalized spacial score (nSPS) is 14.0. The Labute approximate surface area is 112 Å². The lowest BCUT2D eigenvalue weighted by molar-refractivity contribution is 0.288. The minimum absolute atomic E-state index is 0.571. The van der Waals surface area contributed by atoms with Gasteiger partial charge in [0.05, 0.1) is 6.61 Å². The molecular weight excluding hydrogens is 240 g/mol. The standard InChI is InChI=1S/C14H18N4O/c1-18-14(16-13(17-18)6-7-15)11-4-5-12-10(9-11)3-2-8-19-12/h4-5,9H,2-3,6-8,15H2,1H3. The van der Waals surface area contributed by atoms with Crippen LogP contribution in [0.2, 0.25) is 0 Å². The summed E-state index contributed by atoms with van der Waals surface area (Å²) in [4.78, 5) is 4.55. The molecule has 19 heavy (non-hydrogen) atoms. The van der Waals surface area contributed by atoms with Crippen LogP contribution in [0.5, 0.6) is 5.75 Å². The van der Waals surface area contributed by atoms with E-state index in [1.54, 1.807) is 0 Å². The molecule has 100 valence electrons. The molecule has 2 N–H and O–H groups in total. The van der Waals surface area contributed by atoms with Crippen molar-refractivity contribution in [3.8, 4) is 17.1 Å². The maximum absolute atomic E-state index is 5.63. The van der Waals surface area contributed by atoms with Crippen molar-refractivity contribution >= 4 is 0 Å². The summed E-state index contributed by atoms with van der Waals surface area (Å²) >= 11 is 0. The van der Waals surface area contributed by atoms with E-state index in [0.717, 1.165) is 42.4 Å². The van der Waals surface area contributed by atoms with E-state index in [-0.39, 0.29) is 0 Å². The van der Waals surface area contributed by atoms with Gasteiger partial charge in [-0.1, -0.05) is 0 Å². The number of fused-ring (bicyclic) bond motifs is 1. The van der Waals surface area contributed by atoms with Crippen molar-refractivity contribution in [2.24, 2.45) is 12.8 Å². The summed E-state index contributed by atoms with van der Waals surface area (Å²) in [7, 11) is 1.91. The Bertz CT molecular complexity index is 591. The number of nitrogens with two attached hydrogens (primary N) is 1. The molecule has 1 aliphatic heterocycles. The molecule has 0 bridgehead atoms. The van der Waals surface area contributed by atoms with Gasteiger partial charge < -0.3 is 10.5 Å². The lowest BCUT2D eigenvalue weighted by Crippen LogP contribution is -2.08. The number of aryl methyl sites for hydroxylation is 2. The summed E-state index contributed by atoms with van der Waals surface area (Å²) in [5.74, 6) is 2.69. The highest BCUT2D eigenvalue weighted by Crippen LogP contribution is 2.29. The first-order valence-corrected chi connectivity index (χ1v) is 6.64. The molecule has 0 saturated carbocycles. The van der Waals surface area contributed by atoms with E-state index in [1.807, 2.05) is 23.9 Å². The average molecular weight is 258 g/mol. The molecule has 0 atom stereocenters. The zero-order valence-electron chi connectivity index (χ0n) is 11.1. The Kier molecular flexibility index (Phi) is 3.21. The van der Waals surface area contributed by atoms with Crippen LogP contribution >= 0.6 is 0 Å². The number of aromatic nitrogens is 3. The smallest absolute Gasteiger partial charge is 0.158 e. The van der Waals surface area contributed by atoms with Gasteiger partial charge in [-0.3, -0.25) is 0 Å². The molecule has 5 nitrogen and oxygen atoms in total. The minimum Gasteiger partial charge on any atom is -0.493 e. The molecule has 0 amide bonds. The first-order valence-electron chi connectivity index (χ1n) is 6.64. The van der Waals surface area contributed by atoms with Crippen LogP contribution in [0.1, 0.15) is 17.8 Å². The van der Waals surface area contributed by atoms with Gasteiger partial charge in [-0.05, 0) is 43.1 Å². The molecule has 1 aromatic heterocycles. The number of ether oxygens (including phenoxy) is 1. The highest BCUT2D eigenvalue weighted by Gasteiger charge is 2.14. The number of benzene rings is 1. The Morgan fingerprint density at radius 1 is 1.42 bits per heavy atom. The maximum atomic E-state index is 5.63. The molecule has 0 spiro atoms. The van der Waals surface area contributed by atoms with Gasteiger partial charge in [0.15, 0.2) is 11.6 Å². The van der Waals surface area contributed by atoms with E-state index in [4.69, 9.17) is 10.5 Å². The third-order valence-corrected chi connectivity index (χ3v) is 3.34. The van der Waals surface area contributed by atoms with E-state index < -0.39 is 0 Å². The fourth-order valence-electron chi connectivity index (χ4n) is 2.42. The first-order chi connectivity index (χ1) is 9.28. The SMILES string of the molecule is Cn1nc(CCN)nc1-c1ccc2c(c1)CCCO2. The molecule has 2 heterocycles. The van der Waals surface area contributed by atoms with Gasteiger partial charge in [0.1, 0.15) is 5.75 Å². The van der Waals surface area contributed by atoms with E-state index in [1.165, 1.54) is 5.56 Å². The molecule has 2 aromatic rings. The summed E-state index contributed by atoms with van der Waals surface area (Å²) in [6, 6.07) is 6.23. The van der Waals surface area contributed by atoms with Crippen LogP contribution in [-0.2, 0) is 19.9 Å². The van der Waals surface area contributed by atoms with E-state index in [2.05, 4.69) is 16.1 Å². The van der Waals surface area contributed by atoms with Gasteiger partial charge in [-0.2, -0.15) is 5.10 Å². The van der Waals surface area contributed by atoms with Gasteiger partial charge in [-0.15, -0.1) is 0 Å². The van der Waals surface area contributed by atoms with Crippen molar-refractivity contribution in [2.75, 3.05) is 13.2 Å². The third kappa shape index (κ3) is 2.33. The predicted octanol–water partition coefficient (Wildman–Crippen LogP) is 1.31. The summed E-state index contributed by atoms with van der Waals surface area (Å²) in [5, 5.41) is 4.38. The molecule has 1 aromatic carbocycles. The van der Waals surface area contributed by atoms with Crippen LogP contribution < -0.4 is 10.5 Å². The van der Waals surface area contributed by atoms with Crippen LogP contribution in [0.4, 0.5) is 0 Å². The molecule has 1 aliphatic rings.